The van der Waals surface area contributed by atoms with Crippen molar-refractivity contribution in [3.8, 4) is 0 Å². The van der Waals surface area contributed by atoms with Gasteiger partial charge < -0.3 is 20.1 Å². The summed E-state index contributed by atoms with van der Waals surface area (Å²) in [5, 5.41) is 4.90. The fraction of sp³-hybridized carbons (Fsp3) is 0.412. The van der Waals surface area contributed by atoms with E-state index in [0.29, 0.717) is 4.88 Å². The number of Topliss-reactive ketones (excluding diaryl/α,β-unsaturated/α-hetero) is 1. The lowest BCUT2D eigenvalue weighted by Crippen LogP contribution is -2.45. The minimum Gasteiger partial charge on any atom is -0.463 e. The number of thiophene rings is 1. The van der Waals surface area contributed by atoms with Crippen LogP contribution in [0.15, 0.2) is 23.4 Å². The summed E-state index contributed by atoms with van der Waals surface area (Å²) in [4.78, 5) is 48.8. The lowest BCUT2D eigenvalue weighted by molar-refractivity contribution is -0.143. The normalized spacial score (nSPS) is 13.7. The van der Waals surface area contributed by atoms with Crippen LogP contribution in [0.4, 0.5) is 4.79 Å². The summed E-state index contributed by atoms with van der Waals surface area (Å²) >= 11 is 1.38. The van der Waals surface area contributed by atoms with Gasteiger partial charge >= 0.3 is 18.0 Å². The second kappa shape index (κ2) is 9.14. The minimum atomic E-state index is -0.589. The van der Waals surface area contributed by atoms with E-state index in [-0.39, 0.29) is 49.7 Å². The van der Waals surface area contributed by atoms with Crippen molar-refractivity contribution < 1.29 is 28.7 Å². The van der Waals surface area contributed by atoms with Gasteiger partial charge in [-0.15, -0.1) is 11.3 Å². The van der Waals surface area contributed by atoms with E-state index < -0.39 is 18.0 Å². The summed E-state index contributed by atoms with van der Waals surface area (Å²) in [7, 11) is 0. The summed E-state index contributed by atoms with van der Waals surface area (Å²) in [5.74, 6) is -1.30. The largest absolute Gasteiger partial charge is 0.463 e. The molecule has 2 N–H and O–H groups in total. The predicted octanol–water partition coefficient (Wildman–Crippen LogP) is 1.69. The number of aryl methyl sites for hydroxylation is 1. The van der Waals surface area contributed by atoms with Gasteiger partial charge in [0.15, 0.2) is 5.78 Å². The molecule has 2 rings (SSSR count). The summed E-state index contributed by atoms with van der Waals surface area (Å²) < 4.78 is 10.00. The van der Waals surface area contributed by atoms with Crippen LogP contribution in [-0.2, 0) is 19.1 Å². The fourth-order valence-corrected chi connectivity index (χ4v) is 3.05. The Balaban J connectivity index is 1.88. The molecule has 1 aliphatic heterocycles. The molecule has 0 spiro atoms. The first kappa shape index (κ1) is 19.6. The number of hydrogen-bond donors (Lipinski definition) is 2. The Labute approximate surface area is 154 Å². The van der Waals surface area contributed by atoms with Gasteiger partial charge in [0.1, 0.15) is 6.61 Å². The van der Waals surface area contributed by atoms with E-state index in [4.69, 9.17) is 9.47 Å². The Bertz CT molecular complexity index is 752. The Morgan fingerprint density at radius 1 is 1.19 bits per heavy atom. The van der Waals surface area contributed by atoms with Crippen LogP contribution in [0.5, 0.6) is 0 Å². The highest BCUT2D eigenvalue weighted by Crippen LogP contribution is 2.17. The number of amides is 2. The monoisotopic (exact) mass is 380 g/mol. The summed E-state index contributed by atoms with van der Waals surface area (Å²) in [6.45, 7) is 3.48. The zero-order chi connectivity index (χ0) is 19.1. The standard InChI is InChI=1S/C17H20N2O6S/c1-3-24-16(22)11-8-18-17(23)19-12(11)9-25-15(21)7-5-13(20)14-6-4-10(2)26-14/h4,6H,3,5,7-9H2,1-2H3,(H2,18,19,23). The van der Waals surface area contributed by atoms with Crippen molar-refractivity contribution in [2.24, 2.45) is 0 Å². The number of carbonyl (C=O) groups is 4. The van der Waals surface area contributed by atoms with Crippen LogP contribution >= 0.6 is 11.3 Å². The SMILES string of the molecule is CCOC(=O)C1=C(COC(=O)CCC(=O)c2ccc(C)s2)NC(=O)NC1. The zero-order valence-electron chi connectivity index (χ0n) is 14.5. The van der Waals surface area contributed by atoms with Crippen molar-refractivity contribution >= 4 is 35.1 Å². The quantitative estimate of drug-likeness (QED) is 0.524. The van der Waals surface area contributed by atoms with Gasteiger partial charge in [-0.25, -0.2) is 9.59 Å². The molecule has 2 amide bonds. The molecule has 9 heteroatoms. The van der Waals surface area contributed by atoms with E-state index in [9.17, 15) is 19.2 Å². The average Bonchev–Trinajstić information content (AvgIpc) is 3.04. The first-order valence-electron chi connectivity index (χ1n) is 8.10. The van der Waals surface area contributed by atoms with E-state index in [1.807, 2.05) is 13.0 Å². The van der Waals surface area contributed by atoms with Gasteiger partial charge in [0.2, 0.25) is 0 Å². The maximum absolute atomic E-state index is 12.0. The average molecular weight is 380 g/mol. The zero-order valence-corrected chi connectivity index (χ0v) is 15.4. The van der Waals surface area contributed by atoms with Crippen LogP contribution in [-0.4, -0.2) is 43.5 Å². The predicted molar refractivity (Wildman–Crippen MR) is 93.8 cm³/mol. The van der Waals surface area contributed by atoms with Crippen LogP contribution < -0.4 is 10.6 Å². The van der Waals surface area contributed by atoms with Crippen molar-refractivity contribution in [3.63, 3.8) is 0 Å². The molecule has 1 aliphatic rings. The van der Waals surface area contributed by atoms with Crippen molar-refractivity contribution in [2.75, 3.05) is 19.8 Å². The van der Waals surface area contributed by atoms with Gasteiger partial charge in [-0.05, 0) is 26.0 Å². The van der Waals surface area contributed by atoms with Crippen LogP contribution in [0.25, 0.3) is 0 Å². The first-order valence-corrected chi connectivity index (χ1v) is 8.91. The maximum Gasteiger partial charge on any atom is 0.337 e. The topological polar surface area (TPSA) is 111 Å². The molecule has 26 heavy (non-hydrogen) atoms. The number of urea groups is 1. The summed E-state index contributed by atoms with van der Waals surface area (Å²) in [6, 6.07) is 3.08. The molecule has 8 nitrogen and oxygen atoms in total. The second-order valence-electron chi connectivity index (χ2n) is 5.48. The Kier molecular flexibility index (Phi) is 6.90. The van der Waals surface area contributed by atoms with E-state index >= 15 is 0 Å². The van der Waals surface area contributed by atoms with Gasteiger partial charge in [-0.1, -0.05) is 0 Å². The fourth-order valence-electron chi connectivity index (χ4n) is 2.22. The molecule has 0 saturated heterocycles. The molecule has 0 aromatic carbocycles. The number of carbonyl (C=O) groups excluding carboxylic acids is 4. The number of nitrogens with one attached hydrogen (secondary N) is 2. The van der Waals surface area contributed by atoms with Gasteiger partial charge in [-0.2, -0.15) is 0 Å². The number of hydrogen-bond acceptors (Lipinski definition) is 7. The molecule has 2 heterocycles. The van der Waals surface area contributed by atoms with E-state index in [1.54, 1.807) is 13.0 Å². The third kappa shape index (κ3) is 5.41. The lowest BCUT2D eigenvalue weighted by Gasteiger charge is -2.21. The van der Waals surface area contributed by atoms with Crippen LogP contribution in [0.1, 0.15) is 34.3 Å². The molecule has 0 saturated carbocycles. The smallest absolute Gasteiger partial charge is 0.337 e. The number of rotatable bonds is 8. The third-order valence-corrected chi connectivity index (χ3v) is 4.57. The molecule has 0 fully saturated rings. The maximum atomic E-state index is 12.0. The second-order valence-corrected chi connectivity index (χ2v) is 6.77. The van der Waals surface area contributed by atoms with Gasteiger partial charge in [0.05, 0.1) is 35.7 Å². The lowest BCUT2D eigenvalue weighted by atomic mass is 10.1. The van der Waals surface area contributed by atoms with E-state index in [0.717, 1.165) is 4.88 Å². The van der Waals surface area contributed by atoms with Gasteiger partial charge in [0.25, 0.3) is 0 Å². The molecular weight excluding hydrogens is 360 g/mol. The van der Waals surface area contributed by atoms with Crippen molar-refractivity contribution in [1.82, 2.24) is 10.6 Å². The number of ether oxygens (including phenoxy) is 2. The molecular formula is C17H20N2O6S. The highest BCUT2D eigenvalue weighted by molar-refractivity contribution is 7.14. The number of ketones is 1. The molecule has 0 aliphatic carbocycles. The number of esters is 2. The molecule has 0 unspecified atom stereocenters. The first-order chi connectivity index (χ1) is 12.4. The van der Waals surface area contributed by atoms with E-state index in [1.165, 1.54) is 11.3 Å². The van der Waals surface area contributed by atoms with E-state index in [2.05, 4.69) is 10.6 Å². The molecule has 0 bridgehead atoms. The summed E-state index contributed by atoms with van der Waals surface area (Å²) in [5.41, 5.74) is 0.380. The highest BCUT2D eigenvalue weighted by Gasteiger charge is 2.24. The molecule has 1 aromatic heterocycles. The Hall–Kier alpha value is -2.68. The molecule has 0 atom stereocenters. The van der Waals surface area contributed by atoms with Gasteiger partial charge in [-0.3, -0.25) is 9.59 Å². The molecule has 140 valence electrons. The van der Waals surface area contributed by atoms with Crippen LogP contribution in [0.2, 0.25) is 0 Å². The summed E-state index contributed by atoms with van der Waals surface area (Å²) in [6.07, 6.45) is -0.0412. The van der Waals surface area contributed by atoms with Crippen molar-refractivity contribution in [3.05, 3.63) is 33.2 Å². The highest BCUT2D eigenvalue weighted by atomic mass is 32.1. The van der Waals surface area contributed by atoms with Crippen LogP contribution in [0, 0.1) is 6.92 Å². The van der Waals surface area contributed by atoms with Crippen LogP contribution in [0.3, 0.4) is 0 Å². The Morgan fingerprint density at radius 3 is 2.62 bits per heavy atom. The molecule has 0 radical (unpaired) electrons. The van der Waals surface area contributed by atoms with Crippen molar-refractivity contribution in [1.29, 1.82) is 0 Å². The third-order valence-electron chi connectivity index (χ3n) is 3.53. The molecule has 1 aromatic rings. The minimum absolute atomic E-state index is 0.00619. The van der Waals surface area contributed by atoms with Crippen molar-refractivity contribution in [2.45, 2.75) is 26.7 Å². The van der Waals surface area contributed by atoms with Gasteiger partial charge in [0, 0.05) is 11.3 Å². The Morgan fingerprint density at radius 2 is 1.96 bits per heavy atom.